The number of hydrogen-bond acceptors (Lipinski definition) is 15. The standard InChI is InChI=1S/C72H140O17P2/c1-7-10-12-14-15-30-38-44-50-56-71(76)88-67(60-82-69(74)54-48-40-13-11-8-2)62-86-90(78,79)84-58-66(73)59-85-91(80,81)87-63-68(61-83-70(75)55-49-43-37-33-28-25-24-26-31-35-41-46-52-64(4)5)89-72(77)57-51-45-39-34-29-23-21-19-17-16-18-20-22-27-32-36-42-47-53-65(6)9-3/h64-68,73H,7-63H2,1-6H3,(H,78,79)(H,80,81)/t65?,66-,67+,68+/m0/s1. The summed E-state index contributed by atoms with van der Waals surface area (Å²) in [6.07, 6.45) is 50.5. The number of rotatable bonds is 71. The van der Waals surface area contributed by atoms with Crippen LogP contribution in [0, 0.1) is 11.8 Å². The Kier molecular flexibility index (Phi) is 62.7. The minimum absolute atomic E-state index is 0.105. The number of phosphoric ester groups is 2. The Balaban J connectivity index is 5.10. The van der Waals surface area contributed by atoms with E-state index in [0.29, 0.717) is 25.7 Å². The van der Waals surface area contributed by atoms with Gasteiger partial charge in [-0.15, -0.1) is 0 Å². The number of hydrogen-bond donors (Lipinski definition) is 3. The number of unbranched alkanes of at least 4 members (excludes halogenated alkanes) is 40. The molecule has 91 heavy (non-hydrogen) atoms. The molecule has 0 radical (unpaired) electrons. The van der Waals surface area contributed by atoms with Crippen molar-refractivity contribution in [2.45, 2.75) is 387 Å². The maximum absolute atomic E-state index is 13.1. The lowest BCUT2D eigenvalue weighted by atomic mass is 9.99. The van der Waals surface area contributed by atoms with Crippen molar-refractivity contribution in [3.05, 3.63) is 0 Å². The molecular weight excluding hydrogens is 1200 g/mol. The van der Waals surface area contributed by atoms with Crippen molar-refractivity contribution in [2.24, 2.45) is 11.8 Å². The zero-order valence-electron chi connectivity index (χ0n) is 59.1. The summed E-state index contributed by atoms with van der Waals surface area (Å²) in [4.78, 5) is 72.2. The first-order chi connectivity index (χ1) is 43.9. The van der Waals surface area contributed by atoms with E-state index in [-0.39, 0.29) is 25.7 Å². The molecule has 6 atom stereocenters. The van der Waals surface area contributed by atoms with E-state index >= 15 is 0 Å². The van der Waals surface area contributed by atoms with Crippen molar-refractivity contribution >= 4 is 39.5 Å². The molecule has 17 nitrogen and oxygen atoms in total. The molecule has 0 saturated heterocycles. The molecule has 0 aliphatic heterocycles. The summed E-state index contributed by atoms with van der Waals surface area (Å²) in [5.74, 6) is -0.482. The average molecular weight is 1340 g/mol. The minimum atomic E-state index is -4.95. The highest BCUT2D eigenvalue weighted by atomic mass is 31.2. The van der Waals surface area contributed by atoms with E-state index in [1.54, 1.807) is 0 Å². The minimum Gasteiger partial charge on any atom is -0.462 e. The second-order valence-corrected chi connectivity index (χ2v) is 29.6. The molecule has 0 heterocycles. The molecule has 0 aromatic carbocycles. The fraction of sp³-hybridized carbons (Fsp3) is 0.944. The van der Waals surface area contributed by atoms with E-state index in [1.165, 1.54) is 180 Å². The fourth-order valence-electron chi connectivity index (χ4n) is 10.9. The summed E-state index contributed by atoms with van der Waals surface area (Å²) in [5, 5.41) is 10.6. The van der Waals surface area contributed by atoms with Gasteiger partial charge < -0.3 is 33.8 Å². The third kappa shape index (κ3) is 65.1. The predicted octanol–water partition coefficient (Wildman–Crippen LogP) is 20.8. The maximum atomic E-state index is 13.1. The van der Waals surface area contributed by atoms with Crippen LogP contribution in [0.25, 0.3) is 0 Å². The van der Waals surface area contributed by atoms with Crippen molar-refractivity contribution in [1.82, 2.24) is 0 Å². The summed E-state index contributed by atoms with van der Waals surface area (Å²) < 4.78 is 68.0. The lowest BCUT2D eigenvalue weighted by molar-refractivity contribution is -0.161. The van der Waals surface area contributed by atoms with Gasteiger partial charge in [-0.3, -0.25) is 37.3 Å². The number of carbonyl (C=O) groups excluding carboxylic acids is 4. The second-order valence-electron chi connectivity index (χ2n) is 26.7. The van der Waals surface area contributed by atoms with Crippen molar-refractivity contribution in [1.29, 1.82) is 0 Å². The third-order valence-corrected chi connectivity index (χ3v) is 19.0. The first-order valence-electron chi connectivity index (χ1n) is 37.5. The molecule has 0 spiro atoms. The molecule has 0 aliphatic carbocycles. The lowest BCUT2D eigenvalue weighted by Gasteiger charge is -2.21. The van der Waals surface area contributed by atoms with Gasteiger partial charge in [-0.2, -0.15) is 0 Å². The van der Waals surface area contributed by atoms with Crippen LogP contribution in [0.1, 0.15) is 369 Å². The molecular formula is C72H140O17P2. The predicted molar refractivity (Wildman–Crippen MR) is 368 cm³/mol. The van der Waals surface area contributed by atoms with Gasteiger partial charge in [0, 0.05) is 25.7 Å². The summed E-state index contributed by atoms with van der Waals surface area (Å²) in [7, 11) is -9.89. The zero-order valence-corrected chi connectivity index (χ0v) is 60.9. The summed E-state index contributed by atoms with van der Waals surface area (Å²) >= 11 is 0. The van der Waals surface area contributed by atoms with E-state index in [4.69, 9.17) is 37.0 Å². The molecule has 3 N–H and O–H groups in total. The van der Waals surface area contributed by atoms with Gasteiger partial charge in [-0.05, 0) is 37.5 Å². The SMILES string of the molecule is CCCCCCCCCCCC(=O)O[C@H](COC(=O)CCCCCCC)COP(=O)(O)OC[C@H](O)COP(=O)(O)OC[C@@H](COC(=O)CCCCCCCCCCCCCCC(C)C)OC(=O)CCCCCCCCCCCCCCCCCCCCC(C)CC. The van der Waals surface area contributed by atoms with E-state index in [2.05, 4.69) is 41.5 Å². The number of aliphatic hydroxyl groups is 1. The van der Waals surface area contributed by atoms with E-state index in [9.17, 15) is 43.2 Å². The Bertz CT molecular complexity index is 1770. The van der Waals surface area contributed by atoms with Gasteiger partial charge >= 0.3 is 39.5 Å². The van der Waals surface area contributed by atoms with Crippen LogP contribution in [0.3, 0.4) is 0 Å². The number of esters is 4. The summed E-state index contributed by atoms with van der Waals surface area (Å²) in [6.45, 7) is 9.53. The average Bonchev–Trinajstić information content (AvgIpc) is 3.14. The van der Waals surface area contributed by atoms with Crippen molar-refractivity contribution < 1.29 is 80.2 Å². The van der Waals surface area contributed by atoms with Gasteiger partial charge in [0.25, 0.3) is 0 Å². The van der Waals surface area contributed by atoms with E-state index < -0.39 is 97.5 Å². The summed E-state index contributed by atoms with van der Waals surface area (Å²) in [5.41, 5.74) is 0. The van der Waals surface area contributed by atoms with Crippen LogP contribution >= 0.6 is 15.6 Å². The first kappa shape index (κ1) is 89.1. The van der Waals surface area contributed by atoms with Gasteiger partial charge in [-0.25, -0.2) is 9.13 Å². The molecule has 0 amide bonds. The highest BCUT2D eigenvalue weighted by Crippen LogP contribution is 2.45. The molecule has 540 valence electrons. The van der Waals surface area contributed by atoms with Crippen molar-refractivity contribution in [3.8, 4) is 0 Å². The molecule has 0 aromatic rings. The molecule has 0 saturated carbocycles. The third-order valence-electron chi connectivity index (χ3n) is 17.1. The molecule has 0 fully saturated rings. The zero-order chi connectivity index (χ0) is 67.2. The van der Waals surface area contributed by atoms with Crippen LogP contribution in [-0.4, -0.2) is 96.7 Å². The summed E-state index contributed by atoms with van der Waals surface area (Å²) in [6, 6.07) is 0. The monoisotopic (exact) mass is 1340 g/mol. The largest absolute Gasteiger partial charge is 0.472 e. The molecule has 0 aromatic heterocycles. The van der Waals surface area contributed by atoms with Gasteiger partial charge in [0.05, 0.1) is 26.4 Å². The Hall–Kier alpha value is -1.94. The van der Waals surface area contributed by atoms with Crippen LogP contribution in [0.2, 0.25) is 0 Å². The fourth-order valence-corrected chi connectivity index (χ4v) is 12.5. The molecule has 0 aliphatic rings. The van der Waals surface area contributed by atoms with Gasteiger partial charge in [0.1, 0.15) is 19.3 Å². The van der Waals surface area contributed by atoms with Gasteiger partial charge in [0.2, 0.25) is 0 Å². The Labute approximate surface area is 556 Å². The Morgan fingerprint density at radius 1 is 0.319 bits per heavy atom. The smallest absolute Gasteiger partial charge is 0.462 e. The number of ether oxygens (including phenoxy) is 4. The number of aliphatic hydroxyl groups excluding tert-OH is 1. The van der Waals surface area contributed by atoms with Gasteiger partial charge in [0.15, 0.2) is 12.2 Å². The van der Waals surface area contributed by atoms with Crippen LogP contribution in [0.15, 0.2) is 0 Å². The quantitative estimate of drug-likeness (QED) is 0.0222. The van der Waals surface area contributed by atoms with Crippen molar-refractivity contribution in [3.63, 3.8) is 0 Å². The molecule has 0 bridgehead atoms. The molecule has 0 rings (SSSR count). The number of phosphoric acid groups is 2. The Morgan fingerprint density at radius 2 is 0.560 bits per heavy atom. The second kappa shape index (κ2) is 64.1. The normalized spacial score (nSPS) is 14.4. The molecule has 3 unspecified atom stereocenters. The Morgan fingerprint density at radius 3 is 0.835 bits per heavy atom. The van der Waals surface area contributed by atoms with Crippen molar-refractivity contribution in [2.75, 3.05) is 39.6 Å². The molecule has 19 heteroatoms. The highest BCUT2D eigenvalue weighted by Gasteiger charge is 2.30. The maximum Gasteiger partial charge on any atom is 0.472 e. The number of carbonyl (C=O) groups is 4. The first-order valence-corrected chi connectivity index (χ1v) is 40.5. The van der Waals surface area contributed by atoms with Crippen LogP contribution in [0.4, 0.5) is 0 Å². The van der Waals surface area contributed by atoms with Gasteiger partial charge in [-0.1, -0.05) is 318 Å². The van der Waals surface area contributed by atoms with E-state index in [1.807, 2.05) is 0 Å². The van der Waals surface area contributed by atoms with Crippen LogP contribution in [0.5, 0.6) is 0 Å². The lowest BCUT2D eigenvalue weighted by Crippen LogP contribution is -2.30. The van der Waals surface area contributed by atoms with Crippen LogP contribution in [-0.2, 0) is 65.4 Å². The topological polar surface area (TPSA) is 237 Å². The highest BCUT2D eigenvalue weighted by molar-refractivity contribution is 7.47. The van der Waals surface area contributed by atoms with E-state index in [0.717, 1.165) is 108 Å². The van der Waals surface area contributed by atoms with Crippen LogP contribution < -0.4 is 0 Å².